The van der Waals surface area contributed by atoms with E-state index in [0.717, 1.165) is 12.1 Å². The molecule has 1 aromatic rings. The number of nitrogens with one attached hydrogen (secondary N) is 1. The van der Waals surface area contributed by atoms with Crippen molar-refractivity contribution in [1.82, 2.24) is 5.32 Å². The Labute approximate surface area is 121 Å². The zero-order valence-corrected chi connectivity index (χ0v) is 11.4. The molecule has 1 saturated carbocycles. The second kappa shape index (κ2) is 6.65. The van der Waals surface area contributed by atoms with Crippen LogP contribution in [0.2, 0.25) is 0 Å². The summed E-state index contributed by atoms with van der Waals surface area (Å²) in [6, 6.07) is 3.34. The number of carboxylic acids is 1. The molecule has 2 N–H and O–H groups in total. The van der Waals surface area contributed by atoms with Gasteiger partial charge in [0.05, 0.1) is 12.3 Å². The van der Waals surface area contributed by atoms with Gasteiger partial charge in [0.15, 0.2) is 11.6 Å². The van der Waals surface area contributed by atoms with E-state index < -0.39 is 17.6 Å². The van der Waals surface area contributed by atoms with Crippen LogP contribution in [0.3, 0.4) is 0 Å². The molecule has 1 aromatic carbocycles. The number of halogens is 2. The Morgan fingerprint density at radius 3 is 2.38 bits per heavy atom. The molecule has 6 heteroatoms. The summed E-state index contributed by atoms with van der Waals surface area (Å²) < 4.78 is 25.8. The molecule has 114 valence electrons. The van der Waals surface area contributed by atoms with Crippen molar-refractivity contribution in [2.45, 2.75) is 38.1 Å². The molecular formula is C15H17F2NO3. The van der Waals surface area contributed by atoms with E-state index in [2.05, 4.69) is 5.32 Å². The van der Waals surface area contributed by atoms with Gasteiger partial charge in [-0.2, -0.15) is 0 Å². The summed E-state index contributed by atoms with van der Waals surface area (Å²) >= 11 is 0. The average molecular weight is 297 g/mol. The third kappa shape index (κ3) is 4.24. The quantitative estimate of drug-likeness (QED) is 0.896. The minimum atomic E-state index is -0.970. The van der Waals surface area contributed by atoms with Crippen molar-refractivity contribution in [3.05, 3.63) is 35.4 Å². The number of carbonyl (C=O) groups is 2. The monoisotopic (exact) mass is 297 g/mol. The molecule has 1 amide bonds. The van der Waals surface area contributed by atoms with Crippen LogP contribution in [0.4, 0.5) is 8.78 Å². The first-order valence-corrected chi connectivity index (χ1v) is 6.92. The van der Waals surface area contributed by atoms with Crippen molar-refractivity contribution in [2.24, 2.45) is 5.92 Å². The van der Waals surface area contributed by atoms with E-state index >= 15 is 0 Å². The van der Waals surface area contributed by atoms with Crippen molar-refractivity contribution >= 4 is 11.9 Å². The molecule has 21 heavy (non-hydrogen) atoms. The van der Waals surface area contributed by atoms with Crippen molar-refractivity contribution < 1.29 is 23.5 Å². The summed E-state index contributed by atoms with van der Waals surface area (Å²) in [5.74, 6) is -3.29. The standard InChI is InChI=1S/C15H17F2NO3/c16-12-6-1-9(7-13(12)17)8-14(19)18-11-4-2-10(3-5-11)15(20)21/h1,6-7,10-11H,2-5,8H2,(H,18,19)(H,20,21). The molecule has 0 aromatic heterocycles. The highest BCUT2D eigenvalue weighted by Crippen LogP contribution is 2.24. The van der Waals surface area contributed by atoms with Crippen LogP contribution < -0.4 is 5.32 Å². The van der Waals surface area contributed by atoms with Crippen LogP contribution in [0.15, 0.2) is 18.2 Å². The lowest BCUT2D eigenvalue weighted by Crippen LogP contribution is -2.39. The van der Waals surface area contributed by atoms with Gasteiger partial charge in [-0.25, -0.2) is 8.78 Å². The van der Waals surface area contributed by atoms with Crippen LogP contribution >= 0.6 is 0 Å². The molecule has 0 spiro atoms. The summed E-state index contributed by atoms with van der Waals surface area (Å²) in [5.41, 5.74) is 0.408. The number of carboxylic acid groups (broad SMARTS) is 1. The predicted octanol–water partition coefficient (Wildman–Crippen LogP) is 2.27. The summed E-state index contributed by atoms with van der Waals surface area (Å²) in [6.45, 7) is 0. The lowest BCUT2D eigenvalue weighted by Gasteiger charge is -2.26. The van der Waals surface area contributed by atoms with E-state index in [1.165, 1.54) is 6.07 Å². The highest BCUT2D eigenvalue weighted by molar-refractivity contribution is 5.79. The summed E-state index contributed by atoms with van der Waals surface area (Å²) in [6.07, 6.45) is 2.33. The van der Waals surface area contributed by atoms with Crippen LogP contribution in [0.5, 0.6) is 0 Å². The van der Waals surface area contributed by atoms with Crippen molar-refractivity contribution in [1.29, 1.82) is 0 Å². The van der Waals surface area contributed by atoms with Crippen LogP contribution in [0.1, 0.15) is 31.2 Å². The molecule has 4 nitrogen and oxygen atoms in total. The second-order valence-electron chi connectivity index (χ2n) is 5.38. The first-order valence-electron chi connectivity index (χ1n) is 6.92. The maximum Gasteiger partial charge on any atom is 0.306 e. The van der Waals surface area contributed by atoms with Gasteiger partial charge >= 0.3 is 5.97 Å². The first-order chi connectivity index (χ1) is 9.95. The molecule has 0 radical (unpaired) electrons. The predicted molar refractivity (Wildman–Crippen MR) is 71.6 cm³/mol. The van der Waals surface area contributed by atoms with Gasteiger partial charge in [0, 0.05) is 6.04 Å². The van der Waals surface area contributed by atoms with E-state index in [4.69, 9.17) is 5.11 Å². The molecule has 0 bridgehead atoms. The molecule has 0 atom stereocenters. The number of amides is 1. The van der Waals surface area contributed by atoms with Crippen LogP contribution in [0.25, 0.3) is 0 Å². The molecule has 1 aliphatic carbocycles. The smallest absolute Gasteiger partial charge is 0.306 e. The number of hydrogen-bond donors (Lipinski definition) is 2. The van der Waals surface area contributed by atoms with Crippen molar-refractivity contribution in [3.8, 4) is 0 Å². The lowest BCUT2D eigenvalue weighted by molar-refractivity contribution is -0.142. The van der Waals surface area contributed by atoms with Crippen LogP contribution in [-0.4, -0.2) is 23.0 Å². The maximum absolute atomic E-state index is 13.0. The Hall–Kier alpha value is -1.98. The fourth-order valence-corrected chi connectivity index (χ4v) is 2.60. The van der Waals surface area contributed by atoms with Crippen LogP contribution in [0, 0.1) is 17.6 Å². The first kappa shape index (κ1) is 15.4. The maximum atomic E-state index is 13.0. The average Bonchev–Trinajstić information content (AvgIpc) is 2.43. The number of carbonyl (C=O) groups excluding carboxylic acids is 1. The third-order valence-electron chi connectivity index (χ3n) is 3.79. The number of rotatable bonds is 4. The fraction of sp³-hybridized carbons (Fsp3) is 0.467. The Balaban J connectivity index is 1.82. The summed E-state index contributed by atoms with van der Waals surface area (Å²) in [5, 5.41) is 11.7. The number of hydrogen-bond acceptors (Lipinski definition) is 2. The molecule has 1 aliphatic rings. The second-order valence-corrected chi connectivity index (χ2v) is 5.38. The van der Waals surface area contributed by atoms with Gasteiger partial charge in [0.2, 0.25) is 5.91 Å². The van der Waals surface area contributed by atoms with E-state index in [9.17, 15) is 18.4 Å². The molecule has 0 aliphatic heterocycles. The Bertz CT molecular complexity index is 540. The molecule has 2 rings (SSSR count). The topological polar surface area (TPSA) is 66.4 Å². The van der Waals surface area contributed by atoms with E-state index in [1.54, 1.807) is 0 Å². The number of benzene rings is 1. The normalized spacial score (nSPS) is 21.8. The highest BCUT2D eigenvalue weighted by atomic mass is 19.2. The van der Waals surface area contributed by atoms with Gasteiger partial charge in [-0.05, 0) is 43.4 Å². The molecular weight excluding hydrogens is 280 g/mol. The Kier molecular flexibility index (Phi) is 4.88. The minimum Gasteiger partial charge on any atom is -0.481 e. The molecule has 1 fully saturated rings. The molecule has 0 saturated heterocycles. The third-order valence-corrected chi connectivity index (χ3v) is 3.79. The van der Waals surface area contributed by atoms with Gasteiger partial charge in [0.1, 0.15) is 0 Å². The van der Waals surface area contributed by atoms with E-state index in [0.29, 0.717) is 31.2 Å². The number of aliphatic carboxylic acids is 1. The van der Waals surface area contributed by atoms with E-state index in [1.807, 2.05) is 0 Å². The largest absolute Gasteiger partial charge is 0.481 e. The van der Waals surface area contributed by atoms with Gasteiger partial charge in [0.25, 0.3) is 0 Å². The Morgan fingerprint density at radius 2 is 1.81 bits per heavy atom. The zero-order chi connectivity index (χ0) is 15.4. The van der Waals surface area contributed by atoms with Gasteiger partial charge in [-0.3, -0.25) is 9.59 Å². The summed E-state index contributed by atoms with van der Waals surface area (Å²) in [4.78, 5) is 22.7. The van der Waals surface area contributed by atoms with Gasteiger partial charge in [-0.1, -0.05) is 6.07 Å². The highest BCUT2D eigenvalue weighted by Gasteiger charge is 2.26. The zero-order valence-electron chi connectivity index (χ0n) is 11.4. The SMILES string of the molecule is O=C(Cc1ccc(F)c(F)c1)NC1CCC(C(=O)O)CC1. The van der Waals surface area contributed by atoms with E-state index in [-0.39, 0.29) is 24.3 Å². The lowest BCUT2D eigenvalue weighted by atomic mass is 9.86. The van der Waals surface area contributed by atoms with Crippen LogP contribution in [-0.2, 0) is 16.0 Å². The molecule has 0 unspecified atom stereocenters. The van der Waals surface area contributed by atoms with Crippen molar-refractivity contribution in [3.63, 3.8) is 0 Å². The van der Waals surface area contributed by atoms with Crippen molar-refractivity contribution in [2.75, 3.05) is 0 Å². The Morgan fingerprint density at radius 1 is 1.14 bits per heavy atom. The molecule has 0 heterocycles. The van der Waals surface area contributed by atoms with Gasteiger partial charge in [-0.15, -0.1) is 0 Å². The fourth-order valence-electron chi connectivity index (χ4n) is 2.60. The minimum absolute atomic E-state index is 0.0178. The van der Waals surface area contributed by atoms with Gasteiger partial charge < -0.3 is 10.4 Å². The summed E-state index contributed by atoms with van der Waals surface area (Å²) in [7, 11) is 0.